The minimum absolute atomic E-state index is 0.0932. The van der Waals surface area contributed by atoms with Crippen molar-refractivity contribution >= 4 is 22.3 Å². The summed E-state index contributed by atoms with van der Waals surface area (Å²) in [4.78, 5) is 4.16. The quantitative estimate of drug-likeness (QED) is 0.394. The van der Waals surface area contributed by atoms with E-state index in [1.807, 2.05) is 75.4 Å². The number of pyridine rings is 1. The summed E-state index contributed by atoms with van der Waals surface area (Å²) in [5.41, 5.74) is 3.10. The first kappa shape index (κ1) is 22.9. The number of nitrogens with one attached hydrogen (secondary N) is 1. The van der Waals surface area contributed by atoms with Gasteiger partial charge in [0.05, 0.1) is 11.7 Å². The van der Waals surface area contributed by atoms with E-state index in [4.69, 9.17) is 4.52 Å². The summed E-state index contributed by atoms with van der Waals surface area (Å²) in [6.07, 6.45) is 0.0932. The van der Waals surface area contributed by atoms with Crippen molar-refractivity contribution in [3.8, 4) is 17.3 Å². The van der Waals surface area contributed by atoms with Crippen molar-refractivity contribution in [2.75, 3.05) is 0 Å². The number of aromatic nitrogens is 2. The lowest BCUT2D eigenvalue weighted by molar-refractivity contribution is 0.459. The van der Waals surface area contributed by atoms with Crippen molar-refractivity contribution in [3.05, 3.63) is 83.4 Å². The third-order valence-electron chi connectivity index (χ3n) is 5.20. The molecule has 2 aromatic carbocycles. The molecule has 0 saturated heterocycles. The van der Waals surface area contributed by atoms with E-state index < -0.39 is 28.0 Å². The molecular formula is C25H23FN4O2S. The molecule has 0 fully saturated rings. The summed E-state index contributed by atoms with van der Waals surface area (Å²) < 4.78 is 35.8. The van der Waals surface area contributed by atoms with Crippen LogP contribution in [0.5, 0.6) is 0 Å². The Bertz CT molecular complexity index is 1330. The summed E-state index contributed by atoms with van der Waals surface area (Å²) in [6, 6.07) is 19.0. The minimum Gasteiger partial charge on any atom is -0.598 e. The summed E-state index contributed by atoms with van der Waals surface area (Å²) in [7, 11) is 0. The molecule has 33 heavy (non-hydrogen) atoms. The maximum absolute atomic E-state index is 14.6. The monoisotopic (exact) mass is 462 g/mol. The third-order valence-corrected chi connectivity index (χ3v) is 6.82. The maximum atomic E-state index is 14.6. The predicted octanol–water partition coefficient (Wildman–Crippen LogP) is 5.24. The molecule has 1 N–H and O–H groups in total. The van der Waals surface area contributed by atoms with Gasteiger partial charge in [-0.1, -0.05) is 41.6 Å². The van der Waals surface area contributed by atoms with Crippen molar-refractivity contribution in [2.45, 2.75) is 38.0 Å². The van der Waals surface area contributed by atoms with Crippen LogP contribution in [0.25, 0.3) is 22.2 Å². The molecule has 0 saturated carbocycles. The molecular weight excluding hydrogens is 439 g/mol. The van der Waals surface area contributed by atoms with E-state index >= 15 is 0 Å². The fourth-order valence-corrected chi connectivity index (χ4v) is 4.32. The van der Waals surface area contributed by atoms with Gasteiger partial charge in [-0.15, -0.1) is 4.72 Å². The van der Waals surface area contributed by atoms with Gasteiger partial charge in [0, 0.05) is 28.7 Å². The van der Waals surface area contributed by atoms with Crippen LogP contribution in [-0.4, -0.2) is 19.4 Å². The Hall–Kier alpha value is -3.25. The van der Waals surface area contributed by atoms with Crippen LogP contribution in [0.2, 0.25) is 0 Å². The van der Waals surface area contributed by atoms with Crippen LogP contribution in [0, 0.1) is 17.1 Å². The van der Waals surface area contributed by atoms with E-state index in [1.165, 1.54) is 12.1 Å². The molecule has 168 valence electrons. The molecule has 6 nitrogen and oxygen atoms in total. The number of nitrogens with zero attached hydrogens (tertiary/aromatic N) is 3. The van der Waals surface area contributed by atoms with E-state index in [0.29, 0.717) is 11.3 Å². The molecule has 0 aliphatic rings. The van der Waals surface area contributed by atoms with Gasteiger partial charge in [0.15, 0.2) is 5.58 Å². The zero-order valence-electron chi connectivity index (χ0n) is 18.5. The number of nitriles is 1. The van der Waals surface area contributed by atoms with Crippen molar-refractivity contribution in [1.82, 2.24) is 14.9 Å². The number of fused-ring (bicyclic) bond motifs is 1. The van der Waals surface area contributed by atoms with Crippen LogP contribution in [0.4, 0.5) is 4.39 Å². The Balaban J connectivity index is 1.82. The fraction of sp³-hybridized carbons (Fsp3) is 0.240. The number of rotatable bonds is 6. The lowest BCUT2D eigenvalue weighted by Crippen LogP contribution is -2.42. The van der Waals surface area contributed by atoms with Gasteiger partial charge < -0.3 is 9.08 Å². The Morgan fingerprint density at radius 1 is 1.12 bits per heavy atom. The summed E-state index contributed by atoms with van der Waals surface area (Å²) in [5.74, 6) is -0.522. The van der Waals surface area contributed by atoms with Crippen LogP contribution in [0.15, 0.2) is 65.2 Å². The fourth-order valence-electron chi connectivity index (χ4n) is 3.50. The van der Waals surface area contributed by atoms with Crippen molar-refractivity contribution in [1.29, 1.82) is 5.26 Å². The molecule has 4 aromatic rings. The van der Waals surface area contributed by atoms with Gasteiger partial charge in [-0.3, -0.25) is 0 Å². The molecule has 0 radical (unpaired) electrons. The van der Waals surface area contributed by atoms with Gasteiger partial charge in [0.25, 0.3) is 0 Å². The van der Waals surface area contributed by atoms with Gasteiger partial charge in [-0.2, -0.15) is 5.26 Å². The number of hydrogen-bond acceptors (Lipinski definition) is 6. The molecule has 2 heterocycles. The molecule has 0 aliphatic carbocycles. The Labute approximate surface area is 194 Å². The second-order valence-corrected chi connectivity index (χ2v) is 10.6. The SMILES string of the molecule is CC(C)(C)[S@+]([O-])NC(Cc1nc(C#N)ccc1F)c1ccccc1-c1noc2ccccc12. The van der Waals surface area contributed by atoms with Crippen LogP contribution < -0.4 is 4.72 Å². The second-order valence-electron chi connectivity index (χ2n) is 8.61. The molecule has 2 atom stereocenters. The van der Waals surface area contributed by atoms with Crippen LogP contribution in [0.3, 0.4) is 0 Å². The highest BCUT2D eigenvalue weighted by atomic mass is 32.2. The van der Waals surface area contributed by atoms with E-state index in [0.717, 1.165) is 16.5 Å². The van der Waals surface area contributed by atoms with E-state index in [2.05, 4.69) is 14.9 Å². The maximum Gasteiger partial charge on any atom is 0.167 e. The second kappa shape index (κ2) is 9.32. The van der Waals surface area contributed by atoms with Gasteiger partial charge in [0.1, 0.15) is 28.0 Å². The first-order chi connectivity index (χ1) is 15.8. The van der Waals surface area contributed by atoms with Gasteiger partial charge >= 0.3 is 0 Å². The largest absolute Gasteiger partial charge is 0.598 e. The predicted molar refractivity (Wildman–Crippen MR) is 126 cm³/mol. The average molecular weight is 463 g/mol. The summed E-state index contributed by atoms with van der Waals surface area (Å²) in [6.45, 7) is 5.58. The van der Waals surface area contributed by atoms with Crippen molar-refractivity contribution < 1.29 is 13.5 Å². The van der Waals surface area contributed by atoms with Crippen LogP contribution in [-0.2, 0) is 17.8 Å². The number of para-hydroxylation sites is 1. The summed E-state index contributed by atoms with van der Waals surface area (Å²) >= 11 is -1.45. The van der Waals surface area contributed by atoms with Crippen LogP contribution in [0.1, 0.15) is 43.8 Å². The van der Waals surface area contributed by atoms with E-state index in [-0.39, 0.29) is 17.8 Å². The number of hydrogen-bond donors (Lipinski definition) is 1. The topological polar surface area (TPSA) is 97.8 Å². The smallest absolute Gasteiger partial charge is 0.167 e. The van der Waals surface area contributed by atoms with Crippen molar-refractivity contribution in [2.24, 2.45) is 0 Å². The highest BCUT2D eigenvalue weighted by Gasteiger charge is 2.32. The molecule has 2 aromatic heterocycles. The van der Waals surface area contributed by atoms with Crippen molar-refractivity contribution in [3.63, 3.8) is 0 Å². The molecule has 0 spiro atoms. The van der Waals surface area contributed by atoms with E-state index in [9.17, 15) is 14.2 Å². The molecule has 8 heteroatoms. The standard InChI is InChI=1S/C25H23FN4O2S/c1-25(2,3)33(31)30-21(14-22-20(26)13-12-16(15-27)28-22)17-8-4-5-9-18(17)24-19-10-6-7-11-23(19)32-29-24/h4-13,21,30H,14H2,1-3H3/t21?,33-/m0/s1. The van der Waals surface area contributed by atoms with Crippen LogP contribution >= 0.6 is 0 Å². The van der Waals surface area contributed by atoms with Gasteiger partial charge in [-0.05, 0) is 50.6 Å². The third kappa shape index (κ3) is 4.91. The lowest BCUT2D eigenvalue weighted by Gasteiger charge is -2.29. The Kier molecular flexibility index (Phi) is 6.47. The minimum atomic E-state index is -1.45. The molecule has 4 rings (SSSR count). The number of halogens is 1. The molecule has 0 amide bonds. The highest BCUT2D eigenvalue weighted by Crippen LogP contribution is 2.35. The number of benzene rings is 2. The highest BCUT2D eigenvalue weighted by molar-refractivity contribution is 7.90. The lowest BCUT2D eigenvalue weighted by atomic mass is 9.94. The first-order valence-corrected chi connectivity index (χ1v) is 11.6. The molecule has 0 bridgehead atoms. The zero-order chi connectivity index (χ0) is 23.6. The zero-order valence-corrected chi connectivity index (χ0v) is 19.3. The van der Waals surface area contributed by atoms with Gasteiger partial charge in [0.2, 0.25) is 0 Å². The summed E-state index contributed by atoms with van der Waals surface area (Å²) in [5, 5.41) is 14.3. The molecule has 0 aliphatic heterocycles. The average Bonchev–Trinajstić information content (AvgIpc) is 3.23. The Morgan fingerprint density at radius 2 is 1.85 bits per heavy atom. The Morgan fingerprint density at radius 3 is 2.61 bits per heavy atom. The first-order valence-electron chi connectivity index (χ1n) is 10.4. The van der Waals surface area contributed by atoms with E-state index in [1.54, 1.807) is 0 Å². The molecule has 1 unspecified atom stereocenters. The normalized spacial score (nSPS) is 13.6. The van der Waals surface area contributed by atoms with Gasteiger partial charge in [-0.25, -0.2) is 9.37 Å².